The van der Waals surface area contributed by atoms with Crippen LogP contribution in [0.25, 0.3) is 0 Å². The van der Waals surface area contributed by atoms with E-state index in [0.717, 1.165) is 30.0 Å². The van der Waals surface area contributed by atoms with Crippen LogP contribution < -0.4 is 5.73 Å². The third-order valence-corrected chi connectivity index (χ3v) is 5.12. The summed E-state index contributed by atoms with van der Waals surface area (Å²) in [6, 6.07) is 0. The molecule has 2 aliphatic carbocycles. The molecule has 0 aromatic carbocycles. The Morgan fingerprint density at radius 3 is 2.67 bits per heavy atom. The van der Waals surface area contributed by atoms with Crippen molar-refractivity contribution in [2.45, 2.75) is 51.9 Å². The van der Waals surface area contributed by atoms with Crippen molar-refractivity contribution in [3.63, 3.8) is 0 Å². The molecule has 0 radical (unpaired) electrons. The average Bonchev–Trinajstić information content (AvgIpc) is 2.95. The second-order valence-electron chi connectivity index (χ2n) is 6.66. The molecule has 0 spiro atoms. The van der Waals surface area contributed by atoms with Crippen LogP contribution in [0.3, 0.4) is 0 Å². The topological polar surface area (TPSA) is 43.8 Å². The van der Waals surface area contributed by atoms with E-state index in [9.17, 15) is 0 Å². The van der Waals surface area contributed by atoms with Gasteiger partial charge in [-0.2, -0.15) is 5.10 Å². The predicted molar refractivity (Wildman–Crippen MR) is 74.4 cm³/mol. The largest absolute Gasteiger partial charge is 0.384 e. The van der Waals surface area contributed by atoms with Crippen molar-refractivity contribution < 1.29 is 0 Å². The lowest BCUT2D eigenvalue weighted by Crippen LogP contribution is -2.14. The van der Waals surface area contributed by atoms with Crippen LogP contribution in [0.4, 0.5) is 5.82 Å². The first-order valence-electron chi connectivity index (χ1n) is 7.37. The van der Waals surface area contributed by atoms with Crippen LogP contribution in [-0.2, 0) is 13.5 Å². The Labute approximate surface area is 110 Å². The normalized spacial score (nSPS) is 30.6. The van der Waals surface area contributed by atoms with Crippen molar-refractivity contribution in [3.05, 3.63) is 11.3 Å². The van der Waals surface area contributed by atoms with Gasteiger partial charge in [0.15, 0.2) is 0 Å². The van der Waals surface area contributed by atoms with Gasteiger partial charge in [-0.25, -0.2) is 0 Å². The van der Waals surface area contributed by atoms with Crippen molar-refractivity contribution >= 4 is 5.82 Å². The first-order valence-corrected chi connectivity index (χ1v) is 7.37. The summed E-state index contributed by atoms with van der Waals surface area (Å²) in [6.45, 7) is 4.44. The highest BCUT2D eigenvalue weighted by molar-refractivity contribution is 5.45. The van der Waals surface area contributed by atoms with Crippen LogP contribution in [-0.4, -0.2) is 9.78 Å². The van der Waals surface area contributed by atoms with Crippen LogP contribution in [0.5, 0.6) is 0 Å². The first-order chi connectivity index (χ1) is 8.56. The molecular formula is C15H25N3. The monoisotopic (exact) mass is 247 g/mol. The maximum atomic E-state index is 6.15. The van der Waals surface area contributed by atoms with Gasteiger partial charge in [-0.3, -0.25) is 4.68 Å². The van der Waals surface area contributed by atoms with Gasteiger partial charge in [0.25, 0.3) is 0 Å². The van der Waals surface area contributed by atoms with E-state index >= 15 is 0 Å². The number of hydrogen-bond acceptors (Lipinski definition) is 2. The molecule has 2 aliphatic rings. The molecule has 2 saturated carbocycles. The van der Waals surface area contributed by atoms with Gasteiger partial charge in [-0.05, 0) is 49.4 Å². The van der Waals surface area contributed by atoms with Crippen molar-refractivity contribution in [2.24, 2.45) is 24.8 Å². The second-order valence-corrected chi connectivity index (χ2v) is 6.66. The average molecular weight is 247 g/mol. The molecule has 100 valence electrons. The lowest BCUT2D eigenvalue weighted by molar-refractivity contribution is 0.328. The molecule has 1 aromatic heterocycles. The summed E-state index contributed by atoms with van der Waals surface area (Å²) in [4.78, 5) is 0. The Hall–Kier alpha value is -0.990. The molecular weight excluding hydrogens is 222 g/mol. The summed E-state index contributed by atoms with van der Waals surface area (Å²) in [7, 11) is 1.96. The van der Waals surface area contributed by atoms with Crippen molar-refractivity contribution in [1.29, 1.82) is 0 Å². The Morgan fingerprint density at radius 2 is 2.11 bits per heavy atom. The van der Waals surface area contributed by atoms with E-state index in [2.05, 4.69) is 18.9 Å². The SMILES string of the molecule is CC(C)c1c(CC2CC3CCC2C3)nn(C)c1N. The first kappa shape index (κ1) is 12.1. The van der Waals surface area contributed by atoms with Gasteiger partial charge in [-0.1, -0.05) is 20.3 Å². The summed E-state index contributed by atoms with van der Waals surface area (Å²) < 4.78 is 1.86. The van der Waals surface area contributed by atoms with Gasteiger partial charge < -0.3 is 5.73 Å². The second kappa shape index (κ2) is 4.29. The number of aromatic nitrogens is 2. The van der Waals surface area contributed by atoms with Crippen LogP contribution in [0.1, 0.15) is 56.7 Å². The molecule has 0 amide bonds. The molecule has 2 fully saturated rings. The van der Waals surface area contributed by atoms with Crippen LogP contribution in [0.2, 0.25) is 0 Å². The lowest BCUT2D eigenvalue weighted by atomic mass is 9.84. The molecule has 0 saturated heterocycles. The number of rotatable bonds is 3. The molecule has 2 N–H and O–H groups in total. The number of aryl methyl sites for hydroxylation is 1. The highest BCUT2D eigenvalue weighted by Crippen LogP contribution is 2.49. The van der Waals surface area contributed by atoms with Crippen LogP contribution in [0, 0.1) is 17.8 Å². The third-order valence-electron chi connectivity index (χ3n) is 5.12. The Balaban J connectivity index is 1.82. The number of nitrogens with zero attached hydrogens (tertiary/aromatic N) is 2. The lowest BCUT2D eigenvalue weighted by Gasteiger charge is -2.21. The highest BCUT2D eigenvalue weighted by atomic mass is 15.3. The minimum absolute atomic E-state index is 0.479. The quantitative estimate of drug-likeness (QED) is 0.892. The van der Waals surface area contributed by atoms with Gasteiger partial charge in [0.1, 0.15) is 5.82 Å². The Morgan fingerprint density at radius 1 is 1.33 bits per heavy atom. The van der Waals surface area contributed by atoms with E-state index < -0.39 is 0 Å². The van der Waals surface area contributed by atoms with Crippen molar-refractivity contribution in [3.8, 4) is 0 Å². The molecule has 2 bridgehead atoms. The van der Waals surface area contributed by atoms with Crippen molar-refractivity contribution in [1.82, 2.24) is 9.78 Å². The maximum absolute atomic E-state index is 6.15. The minimum Gasteiger partial charge on any atom is -0.384 e. The van der Waals surface area contributed by atoms with Gasteiger partial charge in [0.05, 0.1) is 5.69 Å². The number of fused-ring (bicyclic) bond motifs is 2. The predicted octanol–water partition coefficient (Wildman–Crippen LogP) is 3.10. The fraction of sp³-hybridized carbons (Fsp3) is 0.800. The molecule has 3 unspecified atom stereocenters. The molecule has 18 heavy (non-hydrogen) atoms. The molecule has 1 aromatic rings. The fourth-order valence-electron chi connectivity index (χ4n) is 4.27. The Bertz CT molecular complexity index is 447. The summed E-state index contributed by atoms with van der Waals surface area (Å²) in [5.74, 6) is 4.20. The van der Waals surface area contributed by atoms with E-state index in [0.29, 0.717) is 5.92 Å². The summed E-state index contributed by atoms with van der Waals surface area (Å²) in [5, 5.41) is 4.67. The van der Waals surface area contributed by atoms with E-state index in [-0.39, 0.29) is 0 Å². The third kappa shape index (κ3) is 1.84. The van der Waals surface area contributed by atoms with E-state index in [1.165, 1.54) is 36.9 Å². The number of hydrogen-bond donors (Lipinski definition) is 1. The van der Waals surface area contributed by atoms with Gasteiger partial charge in [0.2, 0.25) is 0 Å². The molecule has 3 heteroatoms. The molecule has 3 atom stereocenters. The molecule has 3 nitrogen and oxygen atoms in total. The maximum Gasteiger partial charge on any atom is 0.125 e. The zero-order valence-electron chi connectivity index (χ0n) is 11.8. The zero-order chi connectivity index (χ0) is 12.9. The summed E-state index contributed by atoms with van der Waals surface area (Å²) in [5.41, 5.74) is 8.71. The number of nitrogens with two attached hydrogens (primary N) is 1. The smallest absolute Gasteiger partial charge is 0.125 e. The van der Waals surface area contributed by atoms with E-state index in [1.54, 1.807) is 0 Å². The van der Waals surface area contributed by atoms with E-state index in [4.69, 9.17) is 5.73 Å². The highest BCUT2D eigenvalue weighted by Gasteiger charge is 2.40. The number of nitrogen functional groups attached to an aromatic ring is 1. The van der Waals surface area contributed by atoms with Crippen LogP contribution >= 0.6 is 0 Å². The molecule has 0 aliphatic heterocycles. The summed E-state index contributed by atoms with van der Waals surface area (Å²) >= 11 is 0. The van der Waals surface area contributed by atoms with E-state index in [1.807, 2.05) is 11.7 Å². The van der Waals surface area contributed by atoms with Gasteiger partial charge >= 0.3 is 0 Å². The minimum atomic E-state index is 0.479. The zero-order valence-corrected chi connectivity index (χ0v) is 11.8. The Kier molecular flexibility index (Phi) is 2.87. The summed E-state index contributed by atoms with van der Waals surface area (Å²) in [6.07, 6.45) is 6.99. The molecule has 1 heterocycles. The van der Waals surface area contributed by atoms with Crippen molar-refractivity contribution in [2.75, 3.05) is 5.73 Å². The molecule has 3 rings (SSSR count). The van der Waals surface area contributed by atoms with Crippen LogP contribution in [0.15, 0.2) is 0 Å². The fourth-order valence-corrected chi connectivity index (χ4v) is 4.27. The van der Waals surface area contributed by atoms with Gasteiger partial charge in [0, 0.05) is 12.6 Å². The standard InChI is InChI=1S/C15H25N3/c1-9(2)14-13(17-18(3)15(14)16)8-12-7-10-4-5-11(12)6-10/h9-12H,4-8,16H2,1-3H3. The van der Waals surface area contributed by atoms with Gasteiger partial charge in [-0.15, -0.1) is 0 Å². The number of anilines is 1.